The highest BCUT2D eigenvalue weighted by molar-refractivity contribution is 7.08. The molecule has 0 unspecified atom stereocenters. The first-order valence-corrected chi connectivity index (χ1v) is 5.99. The van der Waals surface area contributed by atoms with Gasteiger partial charge in [0.2, 0.25) is 0 Å². The van der Waals surface area contributed by atoms with Crippen LogP contribution in [0.15, 0.2) is 35.0 Å². The highest BCUT2D eigenvalue weighted by Gasteiger charge is 2.12. The summed E-state index contributed by atoms with van der Waals surface area (Å²) in [7, 11) is 3.13. The Hall–Kier alpha value is -1.81. The number of benzene rings is 1. The number of thiophene rings is 1. The number of methoxy groups -OCH3 is 2. The van der Waals surface area contributed by atoms with Crippen molar-refractivity contribution in [2.75, 3.05) is 14.2 Å². The average Bonchev–Trinajstić information content (AvgIpc) is 2.91. The number of hydrogen-bond acceptors (Lipinski definition) is 4. The Balaban J connectivity index is 2.41. The second kappa shape index (κ2) is 5.01. The molecule has 4 heteroatoms. The van der Waals surface area contributed by atoms with Crippen molar-refractivity contribution in [1.82, 2.24) is 0 Å². The van der Waals surface area contributed by atoms with E-state index in [9.17, 15) is 4.79 Å². The predicted molar refractivity (Wildman–Crippen MR) is 67.3 cm³/mol. The molecule has 0 saturated heterocycles. The van der Waals surface area contributed by atoms with Crippen LogP contribution in [0.5, 0.6) is 11.5 Å². The van der Waals surface area contributed by atoms with Gasteiger partial charge < -0.3 is 9.47 Å². The van der Waals surface area contributed by atoms with E-state index in [-0.39, 0.29) is 5.78 Å². The van der Waals surface area contributed by atoms with Crippen LogP contribution in [0.3, 0.4) is 0 Å². The maximum atomic E-state index is 12.1. The molecule has 17 heavy (non-hydrogen) atoms. The molecule has 0 amide bonds. The molecule has 0 bridgehead atoms. The molecule has 1 aromatic heterocycles. The second-order valence-electron chi connectivity index (χ2n) is 3.44. The Morgan fingerprint density at radius 1 is 1.06 bits per heavy atom. The number of carbonyl (C=O) groups is 1. The Bertz CT molecular complexity index is 495. The third-order valence-corrected chi connectivity index (χ3v) is 3.08. The zero-order valence-corrected chi connectivity index (χ0v) is 10.4. The first-order chi connectivity index (χ1) is 8.24. The van der Waals surface area contributed by atoms with Gasteiger partial charge in [-0.15, -0.1) is 0 Å². The molecular weight excluding hydrogens is 236 g/mol. The maximum Gasteiger partial charge on any atom is 0.194 e. The van der Waals surface area contributed by atoms with Crippen molar-refractivity contribution in [3.05, 3.63) is 46.2 Å². The van der Waals surface area contributed by atoms with E-state index >= 15 is 0 Å². The topological polar surface area (TPSA) is 35.5 Å². The summed E-state index contributed by atoms with van der Waals surface area (Å²) in [5, 5.41) is 3.71. The normalized spacial score (nSPS) is 10.0. The van der Waals surface area contributed by atoms with Crippen LogP contribution in [0, 0.1) is 0 Å². The van der Waals surface area contributed by atoms with Crippen LogP contribution in [0.1, 0.15) is 15.9 Å². The zero-order chi connectivity index (χ0) is 12.3. The molecule has 0 saturated carbocycles. The lowest BCUT2D eigenvalue weighted by Gasteiger charge is -2.07. The van der Waals surface area contributed by atoms with Gasteiger partial charge in [0.25, 0.3) is 0 Å². The lowest BCUT2D eigenvalue weighted by molar-refractivity contribution is 0.103. The quantitative estimate of drug-likeness (QED) is 0.780. The molecule has 0 N–H and O–H groups in total. The van der Waals surface area contributed by atoms with E-state index in [0.29, 0.717) is 22.6 Å². The van der Waals surface area contributed by atoms with Crippen LogP contribution in [-0.4, -0.2) is 20.0 Å². The van der Waals surface area contributed by atoms with Gasteiger partial charge in [-0.25, -0.2) is 0 Å². The van der Waals surface area contributed by atoms with Crippen molar-refractivity contribution >= 4 is 17.1 Å². The van der Waals surface area contributed by atoms with Gasteiger partial charge in [-0.2, -0.15) is 11.3 Å². The molecule has 0 radical (unpaired) electrons. The van der Waals surface area contributed by atoms with Crippen molar-refractivity contribution < 1.29 is 14.3 Å². The molecule has 1 aromatic carbocycles. The minimum atomic E-state index is -0.0246. The fourth-order valence-corrected chi connectivity index (χ4v) is 2.13. The molecule has 88 valence electrons. The van der Waals surface area contributed by atoms with Crippen molar-refractivity contribution in [1.29, 1.82) is 0 Å². The molecule has 3 nitrogen and oxygen atoms in total. The third kappa shape index (κ3) is 2.47. The Labute approximate surface area is 104 Å². The monoisotopic (exact) mass is 248 g/mol. The van der Waals surface area contributed by atoms with E-state index in [1.54, 1.807) is 38.5 Å². The van der Waals surface area contributed by atoms with Crippen LogP contribution in [-0.2, 0) is 0 Å². The second-order valence-corrected chi connectivity index (χ2v) is 4.22. The first-order valence-electron chi connectivity index (χ1n) is 5.04. The number of ether oxygens (including phenoxy) is 2. The minimum Gasteiger partial charge on any atom is -0.497 e. The maximum absolute atomic E-state index is 12.1. The molecule has 0 fully saturated rings. The Kier molecular flexibility index (Phi) is 3.44. The molecule has 0 atom stereocenters. The van der Waals surface area contributed by atoms with Gasteiger partial charge >= 0.3 is 0 Å². The first kappa shape index (κ1) is 11.7. The summed E-state index contributed by atoms with van der Waals surface area (Å²) in [6.45, 7) is 0. The molecule has 0 aliphatic rings. The standard InChI is InChI=1S/C13H12O3S/c1-15-11-5-10(6-12(7-11)16-2)13(14)9-3-4-17-8-9/h3-8H,1-2H3. The third-order valence-electron chi connectivity index (χ3n) is 2.40. The smallest absolute Gasteiger partial charge is 0.194 e. The zero-order valence-electron chi connectivity index (χ0n) is 9.60. The summed E-state index contributed by atoms with van der Waals surface area (Å²) < 4.78 is 10.3. The fraction of sp³-hybridized carbons (Fsp3) is 0.154. The van der Waals surface area contributed by atoms with Crippen molar-refractivity contribution in [2.45, 2.75) is 0 Å². The van der Waals surface area contributed by atoms with Gasteiger partial charge in [0.1, 0.15) is 11.5 Å². The average molecular weight is 248 g/mol. The summed E-state index contributed by atoms with van der Waals surface area (Å²) in [5.74, 6) is 1.20. The summed E-state index contributed by atoms with van der Waals surface area (Å²) >= 11 is 1.50. The van der Waals surface area contributed by atoms with Crippen LogP contribution >= 0.6 is 11.3 Å². The molecule has 0 spiro atoms. The molecule has 0 aliphatic carbocycles. The van der Waals surface area contributed by atoms with Gasteiger partial charge in [0, 0.05) is 22.6 Å². The summed E-state index contributed by atoms with van der Waals surface area (Å²) in [5.41, 5.74) is 1.25. The van der Waals surface area contributed by atoms with Gasteiger partial charge in [0.15, 0.2) is 5.78 Å². The summed E-state index contributed by atoms with van der Waals surface area (Å²) in [6, 6.07) is 6.97. The van der Waals surface area contributed by atoms with E-state index in [1.165, 1.54) is 11.3 Å². The molecule has 2 rings (SSSR count). The highest BCUT2D eigenvalue weighted by atomic mass is 32.1. The number of ketones is 1. The lowest BCUT2D eigenvalue weighted by Crippen LogP contribution is -2.01. The molecule has 1 heterocycles. The summed E-state index contributed by atoms with van der Waals surface area (Å²) in [4.78, 5) is 12.1. The molecule has 2 aromatic rings. The van der Waals surface area contributed by atoms with Crippen LogP contribution in [0.4, 0.5) is 0 Å². The predicted octanol–water partition coefficient (Wildman–Crippen LogP) is 3.00. The lowest BCUT2D eigenvalue weighted by atomic mass is 10.1. The van der Waals surface area contributed by atoms with Crippen molar-refractivity contribution in [2.24, 2.45) is 0 Å². The SMILES string of the molecule is COc1cc(OC)cc(C(=O)c2ccsc2)c1. The van der Waals surface area contributed by atoms with E-state index in [1.807, 2.05) is 10.8 Å². The molecule has 0 aliphatic heterocycles. The Morgan fingerprint density at radius 3 is 2.18 bits per heavy atom. The van der Waals surface area contributed by atoms with Crippen LogP contribution < -0.4 is 9.47 Å². The van der Waals surface area contributed by atoms with Gasteiger partial charge in [-0.1, -0.05) is 0 Å². The van der Waals surface area contributed by atoms with E-state index < -0.39 is 0 Å². The van der Waals surface area contributed by atoms with Crippen LogP contribution in [0.2, 0.25) is 0 Å². The van der Waals surface area contributed by atoms with Crippen molar-refractivity contribution in [3.8, 4) is 11.5 Å². The van der Waals surface area contributed by atoms with E-state index in [2.05, 4.69) is 0 Å². The van der Waals surface area contributed by atoms with Gasteiger partial charge in [-0.3, -0.25) is 4.79 Å². The highest BCUT2D eigenvalue weighted by Crippen LogP contribution is 2.24. The van der Waals surface area contributed by atoms with Crippen molar-refractivity contribution in [3.63, 3.8) is 0 Å². The van der Waals surface area contributed by atoms with Gasteiger partial charge in [-0.05, 0) is 23.6 Å². The summed E-state index contributed by atoms with van der Waals surface area (Å²) in [6.07, 6.45) is 0. The van der Waals surface area contributed by atoms with Crippen LogP contribution in [0.25, 0.3) is 0 Å². The largest absolute Gasteiger partial charge is 0.497 e. The Morgan fingerprint density at radius 2 is 1.71 bits per heavy atom. The van der Waals surface area contributed by atoms with Gasteiger partial charge in [0.05, 0.1) is 14.2 Å². The van der Waals surface area contributed by atoms with E-state index in [4.69, 9.17) is 9.47 Å². The molecular formula is C13H12O3S. The number of rotatable bonds is 4. The number of carbonyl (C=O) groups excluding carboxylic acids is 1. The minimum absolute atomic E-state index is 0.0246. The van der Waals surface area contributed by atoms with E-state index in [0.717, 1.165) is 0 Å². The fourth-order valence-electron chi connectivity index (χ4n) is 1.50. The number of hydrogen-bond donors (Lipinski definition) is 0.